The summed E-state index contributed by atoms with van der Waals surface area (Å²) in [4.78, 5) is 18.8. The second-order valence-electron chi connectivity index (χ2n) is 2.27. The van der Waals surface area contributed by atoms with Crippen molar-refractivity contribution in [1.29, 1.82) is 0 Å². The highest BCUT2D eigenvalue weighted by molar-refractivity contribution is 7.09. The van der Waals surface area contributed by atoms with Crippen molar-refractivity contribution in [2.45, 2.75) is 6.42 Å². The van der Waals surface area contributed by atoms with Crippen LogP contribution in [0.25, 0.3) is 0 Å². The van der Waals surface area contributed by atoms with E-state index in [-0.39, 0.29) is 6.61 Å². The number of anilines is 1. The number of nitrogens with zero attached hydrogens (tertiary/aromatic N) is 3. The minimum atomic E-state index is -0.652. The molecule has 4 N–H and O–H groups in total. The van der Waals surface area contributed by atoms with Crippen LogP contribution in [-0.4, -0.2) is 28.1 Å². The summed E-state index contributed by atoms with van der Waals surface area (Å²) in [5.74, 6) is -0.0530. The molecule has 0 aliphatic heterocycles. The Kier molecular flexibility index (Phi) is 3.80. The molecule has 0 bridgehead atoms. The molecule has 0 radical (unpaired) electrons. The van der Waals surface area contributed by atoms with Crippen molar-refractivity contribution < 1.29 is 9.63 Å². The standard InChI is InChI=1S/C6H9N5O2S/c7-4(12)3-9-13-2-1-5-10-6(8)14-11-5/h3H,1-2H2,(H2,7,12)(H2,8,10,11). The van der Waals surface area contributed by atoms with E-state index < -0.39 is 5.91 Å². The molecule has 0 atom stereocenters. The predicted octanol–water partition coefficient (Wildman–Crippen LogP) is -0.850. The third kappa shape index (κ3) is 3.81. The number of hydrogen-bond acceptors (Lipinski definition) is 7. The molecule has 7 nitrogen and oxygen atoms in total. The van der Waals surface area contributed by atoms with Crippen LogP contribution in [0.4, 0.5) is 5.13 Å². The summed E-state index contributed by atoms with van der Waals surface area (Å²) in [5.41, 5.74) is 10.1. The first-order valence-corrected chi connectivity index (χ1v) is 4.48. The topological polar surface area (TPSA) is 116 Å². The Hall–Kier alpha value is -1.70. The van der Waals surface area contributed by atoms with Crippen molar-refractivity contribution in [3.8, 4) is 0 Å². The molecule has 1 aromatic heterocycles. The van der Waals surface area contributed by atoms with Crippen LogP contribution < -0.4 is 11.5 Å². The number of hydrogen-bond donors (Lipinski definition) is 2. The van der Waals surface area contributed by atoms with Gasteiger partial charge in [0.15, 0.2) is 5.13 Å². The van der Waals surface area contributed by atoms with Crippen molar-refractivity contribution in [2.24, 2.45) is 10.9 Å². The summed E-state index contributed by atoms with van der Waals surface area (Å²) >= 11 is 1.12. The van der Waals surface area contributed by atoms with Gasteiger partial charge in [0.1, 0.15) is 18.6 Å². The molecule has 0 aliphatic carbocycles. The summed E-state index contributed by atoms with van der Waals surface area (Å²) in [6, 6.07) is 0. The number of nitrogen functional groups attached to an aromatic ring is 1. The average molecular weight is 215 g/mol. The van der Waals surface area contributed by atoms with Crippen LogP contribution in [0, 0.1) is 0 Å². The number of carbonyl (C=O) groups excluding carboxylic acids is 1. The summed E-state index contributed by atoms with van der Waals surface area (Å²) in [6.45, 7) is 0.278. The first kappa shape index (κ1) is 10.4. The fraction of sp³-hybridized carbons (Fsp3) is 0.333. The zero-order valence-corrected chi connectivity index (χ0v) is 8.03. The van der Waals surface area contributed by atoms with Crippen LogP contribution in [0.5, 0.6) is 0 Å². The molecule has 0 spiro atoms. The first-order chi connectivity index (χ1) is 6.68. The maximum absolute atomic E-state index is 10.2. The Labute approximate surface area is 83.9 Å². The lowest BCUT2D eigenvalue weighted by Gasteiger charge is -1.93. The van der Waals surface area contributed by atoms with Gasteiger partial charge in [-0.1, -0.05) is 5.16 Å². The third-order valence-electron chi connectivity index (χ3n) is 1.16. The van der Waals surface area contributed by atoms with Crippen LogP contribution in [0.2, 0.25) is 0 Å². The fourth-order valence-electron chi connectivity index (χ4n) is 0.648. The highest BCUT2D eigenvalue weighted by Gasteiger charge is 1.99. The van der Waals surface area contributed by atoms with E-state index in [1.165, 1.54) is 0 Å². The lowest BCUT2D eigenvalue weighted by Crippen LogP contribution is -2.11. The number of primary amides is 1. The van der Waals surface area contributed by atoms with E-state index in [9.17, 15) is 4.79 Å². The molecule has 1 rings (SSSR count). The van der Waals surface area contributed by atoms with Gasteiger partial charge in [0.05, 0.1) is 0 Å². The summed E-state index contributed by atoms with van der Waals surface area (Å²) < 4.78 is 3.93. The minimum Gasteiger partial charge on any atom is -0.395 e. The lowest BCUT2D eigenvalue weighted by atomic mass is 10.4. The molecular formula is C6H9N5O2S. The van der Waals surface area contributed by atoms with Crippen molar-refractivity contribution in [1.82, 2.24) is 9.36 Å². The smallest absolute Gasteiger partial charge is 0.263 e. The van der Waals surface area contributed by atoms with Gasteiger partial charge in [0, 0.05) is 18.0 Å². The zero-order chi connectivity index (χ0) is 10.4. The van der Waals surface area contributed by atoms with Gasteiger partial charge in [-0.15, -0.1) is 0 Å². The van der Waals surface area contributed by atoms with E-state index in [1.807, 2.05) is 0 Å². The molecule has 1 amide bonds. The van der Waals surface area contributed by atoms with Crippen LogP contribution in [0.1, 0.15) is 5.82 Å². The molecule has 0 aromatic carbocycles. The molecule has 1 aromatic rings. The molecular weight excluding hydrogens is 206 g/mol. The minimum absolute atomic E-state index is 0.278. The largest absolute Gasteiger partial charge is 0.395 e. The van der Waals surface area contributed by atoms with Gasteiger partial charge >= 0.3 is 0 Å². The third-order valence-corrected chi connectivity index (χ3v) is 1.74. The number of rotatable bonds is 5. The van der Waals surface area contributed by atoms with Gasteiger partial charge in [0.25, 0.3) is 5.91 Å². The van der Waals surface area contributed by atoms with Crippen molar-refractivity contribution in [3.05, 3.63) is 5.82 Å². The van der Waals surface area contributed by atoms with Crippen molar-refractivity contribution >= 4 is 28.8 Å². The summed E-state index contributed by atoms with van der Waals surface area (Å²) in [7, 11) is 0. The second kappa shape index (κ2) is 5.12. The Balaban J connectivity index is 2.19. The molecule has 0 saturated carbocycles. The van der Waals surface area contributed by atoms with E-state index in [0.717, 1.165) is 17.7 Å². The summed E-state index contributed by atoms with van der Waals surface area (Å²) in [5, 5.41) is 3.73. The van der Waals surface area contributed by atoms with Crippen LogP contribution >= 0.6 is 11.5 Å². The molecule has 0 saturated heterocycles. The summed E-state index contributed by atoms with van der Waals surface area (Å²) in [6.07, 6.45) is 1.38. The molecule has 0 fully saturated rings. The highest BCUT2D eigenvalue weighted by Crippen LogP contribution is 2.05. The van der Waals surface area contributed by atoms with Crippen LogP contribution in [0.15, 0.2) is 5.16 Å². The van der Waals surface area contributed by atoms with Crippen molar-refractivity contribution in [2.75, 3.05) is 12.3 Å². The second-order valence-corrected chi connectivity index (χ2v) is 3.05. The first-order valence-electron chi connectivity index (χ1n) is 3.71. The van der Waals surface area contributed by atoms with E-state index >= 15 is 0 Å². The van der Waals surface area contributed by atoms with Gasteiger partial charge in [-0.05, 0) is 0 Å². The van der Waals surface area contributed by atoms with Crippen LogP contribution in [0.3, 0.4) is 0 Å². The monoisotopic (exact) mass is 215 g/mol. The number of aromatic nitrogens is 2. The predicted molar refractivity (Wildman–Crippen MR) is 51.7 cm³/mol. The van der Waals surface area contributed by atoms with Crippen LogP contribution in [-0.2, 0) is 16.1 Å². The van der Waals surface area contributed by atoms with Crippen molar-refractivity contribution in [3.63, 3.8) is 0 Å². The van der Waals surface area contributed by atoms with E-state index in [4.69, 9.17) is 16.3 Å². The van der Waals surface area contributed by atoms with Gasteiger partial charge in [-0.3, -0.25) is 4.79 Å². The van der Waals surface area contributed by atoms with E-state index in [1.54, 1.807) is 0 Å². The molecule has 0 aliphatic rings. The van der Waals surface area contributed by atoms with E-state index in [0.29, 0.717) is 17.4 Å². The molecule has 76 valence electrons. The number of carbonyl (C=O) groups is 1. The van der Waals surface area contributed by atoms with Gasteiger partial charge in [-0.2, -0.15) is 4.37 Å². The molecule has 1 heterocycles. The Morgan fingerprint density at radius 3 is 3.07 bits per heavy atom. The lowest BCUT2D eigenvalue weighted by molar-refractivity contribution is -0.111. The normalized spacial score (nSPS) is 10.6. The van der Waals surface area contributed by atoms with Gasteiger partial charge < -0.3 is 16.3 Å². The molecule has 8 heteroatoms. The zero-order valence-electron chi connectivity index (χ0n) is 7.21. The Morgan fingerprint density at radius 1 is 1.71 bits per heavy atom. The number of amides is 1. The average Bonchev–Trinajstić information content (AvgIpc) is 2.50. The fourth-order valence-corrected chi connectivity index (χ4v) is 1.13. The maximum atomic E-state index is 10.2. The number of nitrogens with two attached hydrogens (primary N) is 2. The Morgan fingerprint density at radius 2 is 2.50 bits per heavy atom. The van der Waals surface area contributed by atoms with Gasteiger partial charge in [-0.25, -0.2) is 4.98 Å². The molecule has 14 heavy (non-hydrogen) atoms. The van der Waals surface area contributed by atoms with E-state index in [2.05, 4.69) is 14.5 Å². The highest BCUT2D eigenvalue weighted by atomic mass is 32.1. The molecule has 0 unspecified atom stereocenters. The Bertz CT molecular complexity index is 337. The maximum Gasteiger partial charge on any atom is 0.263 e. The quantitative estimate of drug-likeness (QED) is 0.377. The SMILES string of the molecule is NC(=O)C=NOCCc1nsc(N)n1. The van der Waals surface area contributed by atoms with Gasteiger partial charge in [0.2, 0.25) is 0 Å². The number of oxime groups is 1.